The van der Waals surface area contributed by atoms with Gasteiger partial charge in [-0.15, -0.1) is 0 Å². The van der Waals surface area contributed by atoms with Crippen molar-refractivity contribution < 1.29 is 4.79 Å². The van der Waals surface area contributed by atoms with Crippen LogP contribution in [-0.2, 0) is 11.3 Å². The molecule has 2 aromatic rings. The lowest BCUT2D eigenvalue weighted by Crippen LogP contribution is -2.20. The van der Waals surface area contributed by atoms with Gasteiger partial charge in [-0.2, -0.15) is 5.10 Å². The van der Waals surface area contributed by atoms with Crippen molar-refractivity contribution in [2.24, 2.45) is 0 Å². The number of carbonyl (C=O) groups is 1. The minimum absolute atomic E-state index is 0.0596. The Bertz CT molecular complexity index is 539. The van der Waals surface area contributed by atoms with Crippen LogP contribution >= 0.6 is 11.6 Å². The third kappa shape index (κ3) is 2.94. The number of carbonyl (C=O) groups excluding carboxylic acids is 1. The van der Waals surface area contributed by atoms with E-state index in [2.05, 4.69) is 15.4 Å². The topological polar surface area (TPSA) is 85.8 Å². The first-order valence-corrected chi connectivity index (χ1v) is 5.22. The van der Waals surface area contributed by atoms with E-state index in [9.17, 15) is 4.79 Å². The van der Waals surface area contributed by atoms with Gasteiger partial charge < -0.3 is 11.1 Å². The van der Waals surface area contributed by atoms with Crippen LogP contribution in [0.15, 0.2) is 30.6 Å². The molecule has 2 rings (SSSR count). The number of hydrogen-bond acceptors (Lipinski definition) is 4. The molecule has 0 saturated heterocycles. The average Bonchev–Trinajstić information content (AvgIpc) is 2.67. The summed E-state index contributed by atoms with van der Waals surface area (Å²) in [5, 5.41) is 6.87. The van der Waals surface area contributed by atoms with Gasteiger partial charge in [-0.05, 0) is 18.2 Å². The largest absolute Gasteiger partial charge is 0.382 e. The summed E-state index contributed by atoms with van der Waals surface area (Å²) in [6.07, 6.45) is 3.17. The van der Waals surface area contributed by atoms with E-state index in [-0.39, 0.29) is 12.5 Å². The van der Waals surface area contributed by atoms with Gasteiger partial charge >= 0.3 is 0 Å². The fraction of sp³-hybridized carbons (Fsp3) is 0.100. The summed E-state index contributed by atoms with van der Waals surface area (Å²) in [6, 6.07) is 4.95. The molecular weight excluding hydrogens is 242 g/mol. The van der Waals surface area contributed by atoms with Crippen LogP contribution in [0.2, 0.25) is 5.02 Å². The molecule has 7 heteroatoms. The van der Waals surface area contributed by atoms with E-state index >= 15 is 0 Å². The molecule has 0 saturated carbocycles. The van der Waals surface area contributed by atoms with Crippen molar-refractivity contribution in [2.75, 3.05) is 11.1 Å². The Morgan fingerprint density at radius 1 is 1.53 bits per heavy atom. The molecule has 1 amide bonds. The zero-order valence-electron chi connectivity index (χ0n) is 8.80. The van der Waals surface area contributed by atoms with Crippen molar-refractivity contribution in [2.45, 2.75) is 6.54 Å². The normalized spacial score (nSPS) is 10.2. The van der Waals surface area contributed by atoms with Crippen molar-refractivity contribution >= 4 is 29.1 Å². The number of nitrogen functional groups attached to an aromatic ring is 1. The molecule has 0 aliphatic rings. The van der Waals surface area contributed by atoms with Crippen LogP contribution in [0.25, 0.3) is 0 Å². The van der Waals surface area contributed by atoms with Gasteiger partial charge in [-0.3, -0.25) is 9.48 Å². The molecule has 0 spiro atoms. The standard InChI is InChI=1S/C10H10ClN5O/c11-7-2-1-4-13-10(7)14-9(17)6-16-5-3-8(12)15-16/h1-5H,6H2,(H2,12,15)(H,13,14,17). The molecular formula is C10H10ClN5O. The Morgan fingerprint density at radius 2 is 2.35 bits per heavy atom. The summed E-state index contributed by atoms with van der Waals surface area (Å²) in [6.45, 7) is 0.0596. The Labute approximate surface area is 102 Å². The number of aromatic nitrogens is 3. The summed E-state index contributed by atoms with van der Waals surface area (Å²) in [4.78, 5) is 15.6. The molecule has 2 heterocycles. The number of nitrogens with zero attached hydrogens (tertiary/aromatic N) is 3. The summed E-state index contributed by atoms with van der Waals surface area (Å²) >= 11 is 5.86. The Balaban J connectivity index is 2.01. The van der Waals surface area contributed by atoms with Gasteiger partial charge in [0.15, 0.2) is 5.82 Å². The number of nitrogens with two attached hydrogens (primary N) is 1. The highest BCUT2D eigenvalue weighted by Crippen LogP contribution is 2.17. The van der Waals surface area contributed by atoms with Crippen molar-refractivity contribution in [1.29, 1.82) is 0 Å². The Kier molecular flexibility index (Phi) is 3.24. The predicted octanol–water partition coefficient (Wildman–Crippen LogP) is 1.15. The Hall–Kier alpha value is -2.08. The summed E-state index contributed by atoms with van der Waals surface area (Å²) in [7, 11) is 0. The molecule has 2 aromatic heterocycles. The fourth-order valence-corrected chi connectivity index (χ4v) is 1.43. The number of amides is 1. The molecule has 6 nitrogen and oxygen atoms in total. The van der Waals surface area contributed by atoms with E-state index in [1.165, 1.54) is 4.68 Å². The van der Waals surface area contributed by atoms with Crippen LogP contribution in [-0.4, -0.2) is 20.7 Å². The maximum absolute atomic E-state index is 11.6. The fourth-order valence-electron chi connectivity index (χ4n) is 1.26. The van der Waals surface area contributed by atoms with Crippen molar-refractivity contribution in [3.05, 3.63) is 35.6 Å². The van der Waals surface area contributed by atoms with Gasteiger partial charge in [-0.1, -0.05) is 11.6 Å². The van der Waals surface area contributed by atoms with E-state index in [1.807, 2.05) is 0 Å². The van der Waals surface area contributed by atoms with Crippen molar-refractivity contribution in [1.82, 2.24) is 14.8 Å². The number of hydrogen-bond donors (Lipinski definition) is 2. The second-order valence-corrected chi connectivity index (χ2v) is 3.73. The average molecular weight is 252 g/mol. The number of halogens is 1. The van der Waals surface area contributed by atoms with E-state index in [1.54, 1.807) is 30.6 Å². The molecule has 3 N–H and O–H groups in total. The van der Waals surface area contributed by atoms with E-state index in [0.717, 1.165) is 0 Å². The van der Waals surface area contributed by atoms with Gasteiger partial charge in [0, 0.05) is 12.4 Å². The minimum atomic E-state index is -0.270. The third-order valence-corrected chi connectivity index (χ3v) is 2.29. The van der Waals surface area contributed by atoms with Gasteiger partial charge in [0.05, 0.1) is 5.02 Å². The monoisotopic (exact) mass is 251 g/mol. The first-order chi connectivity index (χ1) is 8.15. The molecule has 17 heavy (non-hydrogen) atoms. The molecule has 88 valence electrons. The van der Waals surface area contributed by atoms with Crippen molar-refractivity contribution in [3.8, 4) is 0 Å². The lowest BCUT2D eigenvalue weighted by molar-refractivity contribution is -0.116. The second-order valence-electron chi connectivity index (χ2n) is 3.32. The van der Waals surface area contributed by atoms with Crippen LogP contribution < -0.4 is 11.1 Å². The summed E-state index contributed by atoms with van der Waals surface area (Å²) in [5.74, 6) is 0.432. The number of nitrogens with one attached hydrogen (secondary N) is 1. The highest BCUT2D eigenvalue weighted by molar-refractivity contribution is 6.33. The van der Waals surface area contributed by atoms with Crippen LogP contribution in [0.5, 0.6) is 0 Å². The number of rotatable bonds is 3. The Morgan fingerprint density at radius 3 is 3.00 bits per heavy atom. The van der Waals surface area contributed by atoms with Crippen LogP contribution in [0.3, 0.4) is 0 Å². The first kappa shape index (κ1) is 11.4. The van der Waals surface area contributed by atoms with Crippen LogP contribution in [0.1, 0.15) is 0 Å². The van der Waals surface area contributed by atoms with Crippen LogP contribution in [0, 0.1) is 0 Å². The van der Waals surface area contributed by atoms with Gasteiger partial charge in [0.25, 0.3) is 0 Å². The smallest absolute Gasteiger partial charge is 0.247 e. The van der Waals surface area contributed by atoms with Gasteiger partial charge in [0.2, 0.25) is 5.91 Å². The molecule has 0 aliphatic carbocycles. The second kappa shape index (κ2) is 4.84. The summed E-state index contributed by atoms with van der Waals surface area (Å²) < 4.78 is 1.43. The maximum Gasteiger partial charge on any atom is 0.247 e. The molecule has 0 radical (unpaired) electrons. The number of anilines is 2. The lowest BCUT2D eigenvalue weighted by Gasteiger charge is -2.05. The van der Waals surface area contributed by atoms with Gasteiger partial charge in [0.1, 0.15) is 12.4 Å². The minimum Gasteiger partial charge on any atom is -0.382 e. The molecule has 0 atom stereocenters. The SMILES string of the molecule is Nc1ccn(CC(=O)Nc2ncccc2Cl)n1. The zero-order chi connectivity index (χ0) is 12.3. The highest BCUT2D eigenvalue weighted by atomic mass is 35.5. The molecule has 0 aliphatic heterocycles. The van der Waals surface area contributed by atoms with Gasteiger partial charge in [-0.25, -0.2) is 4.98 Å². The zero-order valence-corrected chi connectivity index (χ0v) is 9.55. The van der Waals surface area contributed by atoms with Crippen LogP contribution in [0.4, 0.5) is 11.6 Å². The highest BCUT2D eigenvalue weighted by Gasteiger charge is 2.07. The van der Waals surface area contributed by atoms with E-state index in [4.69, 9.17) is 17.3 Å². The summed E-state index contributed by atoms with van der Waals surface area (Å²) in [5.41, 5.74) is 5.43. The molecule has 0 unspecified atom stereocenters. The van der Waals surface area contributed by atoms with Crippen molar-refractivity contribution in [3.63, 3.8) is 0 Å². The predicted molar refractivity (Wildman–Crippen MR) is 64.5 cm³/mol. The van der Waals surface area contributed by atoms with E-state index in [0.29, 0.717) is 16.7 Å². The molecule has 0 bridgehead atoms. The first-order valence-electron chi connectivity index (χ1n) is 4.84. The third-order valence-electron chi connectivity index (χ3n) is 1.98. The number of pyridine rings is 1. The molecule has 0 aromatic carbocycles. The quantitative estimate of drug-likeness (QED) is 0.857. The molecule has 0 fully saturated rings. The lowest BCUT2D eigenvalue weighted by atomic mass is 10.4. The van der Waals surface area contributed by atoms with E-state index < -0.39 is 0 Å². The maximum atomic E-state index is 11.6.